The fourth-order valence-electron chi connectivity index (χ4n) is 3.94. The van der Waals surface area contributed by atoms with E-state index in [2.05, 4.69) is 21.3 Å². The summed E-state index contributed by atoms with van der Waals surface area (Å²) in [4.78, 5) is 6.85. The number of rotatable bonds is 6. The Bertz CT molecular complexity index is 946. The van der Waals surface area contributed by atoms with Crippen molar-refractivity contribution in [3.8, 4) is 11.1 Å². The Morgan fingerprint density at radius 1 is 0.871 bits per heavy atom. The molecule has 0 saturated carbocycles. The minimum atomic E-state index is -4.30. The van der Waals surface area contributed by atoms with Crippen LogP contribution in [0.2, 0.25) is 0 Å². The molecule has 0 bridgehead atoms. The molecular weight excluding hydrogens is 399 g/mol. The van der Waals surface area contributed by atoms with Gasteiger partial charge in [0.25, 0.3) is 0 Å². The second-order valence-electron chi connectivity index (χ2n) is 8.02. The van der Waals surface area contributed by atoms with Crippen LogP contribution in [-0.4, -0.2) is 29.0 Å². The zero-order valence-corrected chi connectivity index (χ0v) is 17.3. The summed E-state index contributed by atoms with van der Waals surface area (Å²) in [5, 5.41) is 3.64. The van der Waals surface area contributed by atoms with Gasteiger partial charge in [0.1, 0.15) is 0 Å². The van der Waals surface area contributed by atoms with Gasteiger partial charge in [-0.05, 0) is 53.8 Å². The quantitative estimate of drug-likeness (QED) is 0.564. The Balaban J connectivity index is 1.24. The molecule has 3 aromatic rings. The van der Waals surface area contributed by atoms with Crippen LogP contribution in [-0.2, 0) is 19.3 Å². The number of benzene rings is 2. The van der Waals surface area contributed by atoms with E-state index in [0.29, 0.717) is 6.04 Å². The van der Waals surface area contributed by atoms with Crippen molar-refractivity contribution in [2.45, 2.75) is 38.1 Å². The molecule has 1 aromatic heterocycles. The van der Waals surface area contributed by atoms with Gasteiger partial charge in [0.05, 0.1) is 11.3 Å². The number of alkyl halides is 3. The number of aromatic nitrogens is 1. The summed E-state index contributed by atoms with van der Waals surface area (Å²) in [5.41, 5.74) is 3.37. The lowest BCUT2D eigenvalue weighted by atomic mass is 10.0. The van der Waals surface area contributed by atoms with Gasteiger partial charge in [-0.25, -0.2) is 0 Å². The summed E-state index contributed by atoms with van der Waals surface area (Å²) < 4.78 is 38.2. The van der Waals surface area contributed by atoms with Crippen molar-refractivity contribution < 1.29 is 13.2 Å². The van der Waals surface area contributed by atoms with Crippen molar-refractivity contribution >= 4 is 0 Å². The van der Waals surface area contributed by atoms with Gasteiger partial charge in [0, 0.05) is 38.4 Å². The number of piperidine rings is 1. The van der Waals surface area contributed by atoms with Gasteiger partial charge in [-0.1, -0.05) is 42.5 Å². The Morgan fingerprint density at radius 3 is 2.10 bits per heavy atom. The van der Waals surface area contributed by atoms with E-state index in [1.54, 1.807) is 0 Å². The van der Waals surface area contributed by atoms with Crippen LogP contribution in [0.5, 0.6) is 0 Å². The SMILES string of the molecule is FC(F)(F)c1ccc(-c2ccc(CNC3CCN(Cc4ccccn4)CC3)cc2)cc1. The summed E-state index contributed by atoms with van der Waals surface area (Å²) in [6.45, 7) is 3.80. The number of hydrogen-bond donors (Lipinski definition) is 1. The van der Waals surface area contributed by atoms with Crippen molar-refractivity contribution in [3.63, 3.8) is 0 Å². The largest absolute Gasteiger partial charge is 0.416 e. The fourth-order valence-corrected chi connectivity index (χ4v) is 3.94. The normalized spacial score (nSPS) is 15.8. The predicted molar refractivity (Wildman–Crippen MR) is 116 cm³/mol. The van der Waals surface area contributed by atoms with Crippen molar-refractivity contribution in [1.29, 1.82) is 0 Å². The van der Waals surface area contributed by atoms with Crippen LogP contribution >= 0.6 is 0 Å². The molecule has 0 amide bonds. The number of halogens is 3. The van der Waals surface area contributed by atoms with Gasteiger partial charge < -0.3 is 5.32 Å². The standard InChI is InChI=1S/C25H26F3N3/c26-25(27,28)22-10-8-21(9-11-22)20-6-4-19(5-7-20)17-30-23-12-15-31(16-13-23)18-24-3-1-2-14-29-24/h1-11,14,23,30H,12-13,15-18H2. The van der Waals surface area contributed by atoms with E-state index in [4.69, 9.17) is 0 Å². The highest BCUT2D eigenvalue weighted by atomic mass is 19.4. The molecule has 1 aliphatic rings. The van der Waals surface area contributed by atoms with Crippen LogP contribution in [0.25, 0.3) is 11.1 Å². The molecule has 1 N–H and O–H groups in total. The first-order valence-corrected chi connectivity index (χ1v) is 10.6. The third-order valence-electron chi connectivity index (χ3n) is 5.79. The lowest BCUT2D eigenvalue weighted by molar-refractivity contribution is -0.137. The van der Waals surface area contributed by atoms with Gasteiger partial charge in [-0.2, -0.15) is 13.2 Å². The lowest BCUT2D eigenvalue weighted by Gasteiger charge is -2.32. The fraction of sp³-hybridized carbons (Fsp3) is 0.320. The summed E-state index contributed by atoms with van der Waals surface area (Å²) >= 11 is 0. The smallest absolute Gasteiger partial charge is 0.310 e. The van der Waals surface area contributed by atoms with Crippen molar-refractivity contribution in [2.24, 2.45) is 0 Å². The maximum Gasteiger partial charge on any atom is 0.416 e. The lowest BCUT2D eigenvalue weighted by Crippen LogP contribution is -2.41. The first-order valence-electron chi connectivity index (χ1n) is 10.6. The summed E-state index contributed by atoms with van der Waals surface area (Å²) in [5.74, 6) is 0. The summed E-state index contributed by atoms with van der Waals surface area (Å²) in [7, 11) is 0. The minimum absolute atomic E-state index is 0.495. The Labute approximate surface area is 180 Å². The Hall–Kier alpha value is -2.70. The van der Waals surface area contributed by atoms with Crippen LogP contribution < -0.4 is 5.32 Å². The molecule has 0 aliphatic carbocycles. The maximum absolute atomic E-state index is 12.7. The molecule has 1 aliphatic heterocycles. The van der Waals surface area contributed by atoms with E-state index < -0.39 is 11.7 Å². The molecule has 31 heavy (non-hydrogen) atoms. The van der Waals surface area contributed by atoms with Crippen molar-refractivity contribution in [3.05, 3.63) is 89.7 Å². The van der Waals surface area contributed by atoms with E-state index in [9.17, 15) is 13.2 Å². The first-order chi connectivity index (χ1) is 15.0. The molecule has 0 atom stereocenters. The zero-order chi connectivity index (χ0) is 21.7. The number of nitrogens with one attached hydrogen (secondary N) is 1. The molecule has 4 rings (SSSR count). The van der Waals surface area contributed by atoms with Gasteiger partial charge >= 0.3 is 6.18 Å². The van der Waals surface area contributed by atoms with Crippen LogP contribution in [0.3, 0.4) is 0 Å². The van der Waals surface area contributed by atoms with E-state index in [-0.39, 0.29) is 0 Å². The molecule has 1 saturated heterocycles. The summed E-state index contributed by atoms with van der Waals surface area (Å²) in [6.07, 6.45) is -0.248. The van der Waals surface area contributed by atoms with Crippen LogP contribution in [0.1, 0.15) is 29.7 Å². The molecule has 0 radical (unpaired) electrons. The van der Waals surface area contributed by atoms with Gasteiger partial charge in [0.15, 0.2) is 0 Å². The molecule has 6 heteroatoms. The third-order valence-corrected chi connectivity index (χ3v) is 5.79. The number of hydrogen-bond acceptors (Lipinski definition) is 3. The molecule has 0 unspecified atom stereocenters. The highest BCUT2D eigenvalue weighted by Crippen LogP contribution is 2.31. The number of likely N-dealkylation sites (tertiary alicyclic amines) is 1. The molecule has 2 aromatic carbocycles. The predicted octanol–water partition coefficient (Wildman–Crippen LogP) is 5.52. The minimum Gasteiger partial charge on any atom is -0.310 e. The first kappa shape index (κ1) is 21.5. The molecule has 162 valence electrons. The molecule has 2 heterocycles. The van der Waals surface area contributed by atoms with Crippen molar-refractivity contribution in [1.82, 2.24) is 15.2 Å². The summed E-state index contributed by atoms with van der Waals surface area (Å²) in [6, 6.07) is 19.8. The average molecular weight is 425 g/mol. The van der Waals surface area contributed by atoms with E-state index in [1.807, 2.05) is 42.6 Å². The van der Waals surface area contributed by atoms with E-state index in [0.717, 1.165) is 68.0 Å². The second-order valence-corrected chi connectivity index (χ2v) is 8.02. The van der Waals surface area contributed by atoms with Crippen molar-refractivity contribution in [2.75, 3.05) is 13.1 Å². The molecule has 0 spiro atoms. The number of pyridine rings is 1. The molecule has 1 fully saturated rings. The van der Waals surface area contributed by atoms with Gasteiger partial charge in [-0.3, -0.25) is 9.88 Å². The average Bonchev–Trinajstić information content (AvgIpc) is 2.79. The highest BCUT2D eigenvalue weighted by Gasteiger charge is 2.29. The van der Waals surface area contributed by atoms with Gasteiger partial charge in [-0.15, -0.1) is 0 Å². The maximum atomic E-state index is 12.7. The van der Waals surface area contributed by atoms with Crippen LogP contribution in [0.15, 0.2) is 72.9 Å². The Morgan fingerprint density at radius 2 is 1.52 bits per heavy atom. The zero-order valence-electron chi connectivity index (χ0n) is 17.3. The third kappa shape index (κ3) is 5.93. The molecule has 3 nitrogen and oxygen atoms in total. The second kappa shape index (κ2) is 9.62. The van der Waals surface area contributed by atoms with Crippen LogP contribution in [0.4, 0.5) is 13.2 Å². The topological polar surface area (TPSA) is 28.2 Å². The van der Waals surface area contributed by atoms with Gasteiger partial charge in [0.2, 0.25) is 0 Å². The van der Waals surface area contributed by atoms with E-state index >= 15 is 0 Å². The number of nitrogens with zero attached hydrogens (tertiary/aromatic N) is 2. The highest BCUT2D eigenvalue weighted by molar-refractivity contribution is 5.64. The Kier molecular flexibility index (Phi) is 6.68. The monoisotopic (exact) mass is 425 g/mol. The van der Waals surface area contributed by atoms with Crippen LogP contribution in [0, 0.1) is 0 Å². The molecular formula is C25H26F3N3. The van der Waals surface area contributed by atoms with E-state index in [1.165, 1.54) is 17.7 Å².